The molecule has 0 amide bonds. The van der Waals surface area contributed by atoms with Crippen molar-refractivity contribution in [1.29, 1.82) is 0 Å². The molecular weight excluding hydrogens is 126 g/mol. The van der Waals surface area contributed by atoms with E-state index in [4.69, 9.17) is 0 Å². The first-order valence-corrected chi connectivity index (χ1v) is 5.36. The molecule has 0 rings (SSSR count). The molecule has 0 bridgehead atoms. The van der Waals surface area contributed by atoms with Crippen molar-refractivity contribution in [2.75, 3.05) is 27.2 Å². The third kappa shape index (κ3) is 4.67. The highest BCUT2D eigenvalue weighted by Gasteiger charge is 2.08. The minimum absolute atomic E-state index is 1.20. The summed E-state index contributed by atoms with van der Waals surface area (Å²) in [4.78, 5) is 0. The summed E-state index contributed by atoms with van der Waals surface area (Å²) in [6, 6.07) is 1.46. The minimum atomic E-state index is 1.20. The van der Waals surface area contributed by atoms with Crippen molar-refractivity contribution in [3.8, 4) is 0 Å². The third-order valence-electron chi connectivity index (χ3n) is 1.97. The van der Waals surface area contributed by atoms with Crippen LogP contribution in [0, 0.1) is 0 Å². The summed E-state index contributed by atoms with van der Waals surface area (Å²) in [5, 5.41) is 0. The summed E-state index contributed by atoms with van der Waals surface area (Å²) < 4.78 is 1.20. The van der Waals surface area contributed by atoms with Gasteiger partial charge in [0.05, 0.1) is 27.2 Å². The fourth-order valence-electron chi connectivity index (χ4n) is 0.744. The van der Waals surface area contributed by atoms with Crippen LogP contribution in [-0.2, 0) is 0 Å². The van der Waals surface area contributed by atoms with Crippen LogP contribution in [0.1, 0.15) is 13.3 Å². The van der Waals surface area contributed by atoms with Gasteiger partial charge < -0.3 is 4.48 Å². The molecule has 0 saturated carbocycles. The molecule has 0 heterocycles. The Balaban J connectivity index is 3.33. The predicted octanol–water partition coefficient (Wildman–Crippen LogP) is 0.256. The van der Waals surface area contributed by atoms with E-state index in [0.717, 1.165) is 0 Å². The molecule has 0 saturated heterocycles. The van der Waals surface area contributed by atoms with Gasteiger partial charge in [0, 0.05) is 10.2 Å². The molecule has 0 aliphatic rings. The van der Waals surface area contributed by atoms with E-state index >= 15 is 0 Å². The zero-order chi connectivity index (χ0) is 7.33. The van der Waals surface area contributed by atoms with E-state index in [0.29, 0.717) is 0 Å². The lowest BCUT2D eigenvalue weighted by atomic mass is 10.4. The first kappa shape index (κ1) is 9.18. The second-order valence-corrected chi connectivity index (χ2v) is 4.33. The highest BCUT2D eigenvalue weighted by atomic mass is 28.1. The minimum Gasteiger partial charge on any atom is -0.329 e. The first-order valence-electron chi connectivity index (χ1n) is 3.94. The SMILES string of the molecule is CC[N+](C)(C)CCC[SiH3]. The fraction of sp³-hybridized carbons (Fsp3) is 1.00. The Morgan fingerprint density at radius 3 is 2.22 bits per heavy atom. The molecule has 0 aromatic heterocycles. The molecule has 0 N–H and O–H groups in total. The van der Waals surface area contributed by atoms with E-state index in [-0.39, 0.29) is 0 Å². The van der Waals surface area contributed by atoms with Crippen LogP contribution in [0.4, 0.5) is 0 Å². The molecule has 1 nitrogen and oxygen atoms in total. The van der Waals surface area contributed by atoms with Crippen molar-refractivity contribution in [2.45, 2.75) is 19.4 Å². The molecular formula is C7H20NSi+. The van der Waals surface area contributed by atoms with Crippen molar-refractivity contribution in [3.05, 3.63) is 0 Å². The van der Waals surface area contributed by atoms with Gasteiger partial charge in [-0.05, 0) is 13.3 Å². The third-order valence-corrected chi connectivity index (χ3v) is 2.68. The van der Waals surface area contributed by atoms with Gasteiger partial charge >= 0.3 is 0 Å². The topological polar surface area (TPSA) is 0 Å². The van der Waals surface area contributed by atoms with Gasteiger partial charge in [-0.25, -0.2) is 0 Å². The van der Waals surface area contributed by atoms with Crippen LogP contribution in [0.5, 0.6) is 0 Å². The van der Waals surface area contributed by atoms with Gasteiger partial charge in [0.1, 0.15) is 0 Å². The van der Waals surface area contributed by atoms with Crippen LogP contribution in [0.2, 0.25) is 6.04 Å². The van der Waals surface area contributed by atoms with Gasteiger partial charge in [-0.15, -0.1) is 0 Å². The number of quaternary nitrogens is 1. The molecule has 0 aliphatic carbocycles. The fourth-order valence-corrected chi connectivity index (χ4v) is 1.06. The standard InChI is InChI=1S/C7H20NSi/c1-4-8(2,3)6-5-7-9/h4-7H2,1-3,9H3/q+1. The number of hydrogen-bond acceptors (Lipinski definition) is 0. The average molecular weight is 146 g/mol. The lowest BCUT2D eigenvalue weighted by Gasteiger charge is -2.27. The van der Waals surface area contributed by atoms with E-state index in [2.05, 4.69) is 21.0 Å². The van der Waals surface area contributed by atoms with Gasteiger partial charge in [0.15, 0.2) is 0 Å². The van der Waals surface area contributed by atoms with Crippen LogP contribution in [0.25, 0.3) is 0 Å². The Bertz CT molecular complexity index is 71.3. The van der Waals surface area contributed by atoms with E-state index in [9.17, 15) is 0 Å². The Morgan fingerprint density at radius 2 is 1.89 bits per heavy atom. The first-order chi connectivity index (χ1) is 4.12. The predicted molar refractivity (Wildman–Crippen MR) is 46.9 cm³/mol. The maximum Gasteiger partial charge on any atom is 0.0779 e. The molecule has 0 fully saturated rings. The van der Waals surface area contributed by atoms with E-state index in [1.165, 1.54) is 40.3 Å². The summed E-state index contributed by atoms with van der Waals surface area (Å²) in [6.07, 6.45) is 1.42. The molecule has 0 unspecified atom stereocenters. The molecule has 0 spiro atoms. The highest BCUT2D eigenvalue weighted by molar-refractivity contribution is 6.08. The van der Waals surface area contributed by atoms with Gasteiger partial charge in [-0.3, -0.25) is 0 Å². The summed E-state index contributed by atoms with van der Waals surface area (Å²) in [5.41, 5.74) is 0. The zero-order valence-corrected chi connectivity index (χ0v) is 9.28. The average Bonchev–Trinajstić information content (AvgIpc) is 1.84. The molecule has 0 aliphatic heterocycles. The van der Waals surface area contributed by atoms with E-state index in [1.807, 2.05) is 0 Å². The summed E-state index contributed by atoms with van der Waals surface area (Å²) in [5.74, 6) is 0. The van der Waals surface area contributed by atoms with E-state index < -0.39 is 0 Å². The van der Waals surface area contributed by atoms with Gasteiger partial charge in [0.25, 0.3) is 0 Å². The second-order valence-electron chi connectivity index (χ2n) is 3.33. The monoisotopic (exact) mass is 146 g/mol. The van der Waals surface area contributed by atoms with Crippen LogP contribution >= 0.6 is 0 Å². The summed E-state index contributed by atoms with van der Waals surface area (Å²) in [6.45, 7) is 4.88. The maximum absolute atomic E-state index is 2.30. The van der Waals surface area contributed by atoms with Crippen molar-refractivity contribution < 1.29 is 4.48 Å². The van der Waals surface area contributed by atoms with Gasteiger partial charge in [0.2, 0.25) is 0 Å². The van der Waals surface area contributed by atoms with Crippen molar-refractivity contribution >= 4 is 10.2 Å². The second kappa shape index (κ2) is 4.07. The van der Waals surface area contributed by atoms with Crippen molar-refractivity contribution in [3.63, 3.8) is 0 Å². The lowest BCUT2D eigenvalue weighted by Crippen LogP contribution is -2.39. The molecule has 2 heteroatoms. The van der Waals surface area contributed by atoms with Crippen LogP contribution < -0.4 is 0 Å². The van der Waals surface area contributed by atoms with Crippen LogP contribution in [0.3, 0.4) is 0 Å². The summed E-state index contributed by atoms with van der Waals surface area (Å²) >= 11 is 0. The maximum atomic E-state index is 2.30. The quantitative estimate of drug-likeness (QED) is 0.394. The Morgan fingerprint density at radius 1 is 1.33 bits per heavy atom. The zero-order valence-electron chi connectivity index (χ0n) is 7.28. The van der Waals surface area contributed by atoms with Gasteiger partial charge in [-0.2, -0.15) is 0 Å². The lowest BCUT2D eigenvalue weighted by molar-refractivity contribution is -0.888. The molecule has 0 aromatic rings. The smallest absolute Gasteiger partial charge is 0.0779 e. The number of nitrogens with zero attached hydrogens (tertiary/aromatic N) is 1. The van der Waals surface area contributed by atoms with E-state index in [1.54, 1.807) is 0 Å². The van der Waals surface area contributed by atoms with Gasteiger partial charge in [-0.1, -0.05) is 6.04 Å². The van der Waals surface area contributed by atoms with Crippen molar-refractivity contribution in [1.82, 2.24) is 0 Å². The Hall–Kier alpha value is 0.177. The summed E-state index contributed by atoms with van der Waals surface area (Å²) in [7, 11) is 5.98. The van der Waals surface area contributed by atoms with Crippen molar-refractivity contribution in [2.24, 2.45) is 0 Å². The van der Waals surface area contributed by atoms with Crippen LogP contribution in [0.15, 0.2) is 0 Å². The molecule has 56 valence electrons. The molecule has 0 atom stereocenters. The van der Waals surface area contributed by atoms with Crippen LogP contribution in [-0.4, -0.2) is 41.9 Å². The molecule has 0 aromatic carbocycles. The Kier molecular flexibility index (Phi) is 4.15. The molecule has 9 heavy (non-hydrogen) atoms. The number of hydrogen-bond donors (Lipinski definition) is 0. The highest BCUT2D eigenvalue weighted by Crippen LogP contribution is 1.98. The largest absolute Gasteiger partial charge is 0.329 e. The normalized spacial score (nSPS) is 12.3. The molecule has 0 radical (unpaired) electrons. The Labute approximate surface area is 62.1 Å². The number of rotatable bonds is 4.